The zero-order valence-electron chi connectivity index (χ0n) is 19.3. The molecule has 1 rings (SSSR count). The largest absolute Gasteiger partial charge is 0.397 e. The first-order valence-corrected chi connectivity index (χ1v) is 11.5. The van der Waals surface area contributed by atoms with E-state index in [4.69, 9.17) is 16.2 Å². The number of rotatable bonds is 11. The highest BCUT2D eigenvalue weighted by atomic mass is 32.2. The van der Waals surface area contributed by atoms with Gasteiger partial charge in [0.15, 0.2) is 5.17 Å². The Labute approximate surface area is 190 Å². The van der Waals surface area contributed by atoms with Crippen molar-refractivity contribution in [3.63, 3.8) is 0 Å². The minimum atomic E-state index is -0.122. The van der Waals surface area contributed by atoms with Gasteiger partial charge in [0, 0.05) is 19.2 Å². The van der Waals surface area contributed by atoms with Gasteiger partial charge in [-0.3, -0.25) is 4.79 Å². The Morgan fingerprint density at radius 1 is 1.16 bits per heavy atom. The number of nitrogens with zero attached hydrogens (tertiary/aromatic N) is 1. The van der Waals surface area contributed by atoms with Crippen LogP contribution in [-0.2, 0) is 9.53 Å². The van der Waals surface area contributed by atoms with Crippen molar-refractivity contribution in [3.05, 3.63) is 64.4 Å². The van der Waals surface area contributed by atoms with Crippen LogP contribution in [0.2, 0.25) is 0 Å². The summed E-state index contributed by atoms with van der Waals surface area (Å²) >= 11 is 1.18. The van der Waals surface area contributed by atoms with Crippen LogP contribution >= 0.6 is 11.8 Å². The van der Waals surface area contributed by atoms with Crippen molar-refractivity contribution < 1.29 is 9.53 Å². The number of ether oxygens (including phenoxy) is 1. The summed E-state index contributed by atoms with van der Waals surface area (Å²) in [7, 11) is 1.59. The summed E-state index contributed by atoms with van der Waals surface area (Å²) in [6, 6.07) is 8.00. The van der Waals surface area contributed by atoms with E-state index < -0.39 is 0 Å². The molecule has 0 aromatic heterocycles. The van der Waals surface area contributed by atoms with Crippen LogP contribution in [0.25, 0.3) is 5.70 Å². The number of amides is 1. The molecule has 1 aromatic rings. The average molecular weight is 445 g/mol. The fraction of sp³-hybridized carbons (Fsp3) is 0.417. The number of nitrogens with one attached hydrogen (secondary N) is 1. The third kappa shape index (κ3) is 9.89. The molecule has 1 aromatic carbocycles. The van der Waals surface area contributed by atoms with Gasteiger partial charge in [-0.05, 0) is 32.3 Å². The monoisotopic (exact) mass is 444 g/mol. The summed E-state index contributed by atoms with van der Waals surface area (Å²) < 4.78 is 4.93. The lowest BCUT2D eigenvalue weighted by Gasteiger charge is -2.12. The fourth-order valence-electron chi connectivity index (χ4n) is 2.53. The maximum Gasteiger partial charge on any atom is 0.230 e. The molecule has 0 saturated carbocycles. The number of aliphatic imine (C=N–C) groups is 1. The highest BCUT2D eigenvalue weighted by molar-refractivity contribution is 8.14. The molecule has 0 heterocycles. The van der Waals surface area contributed by atoms with Crippen molar-refractivity contribution in [2.75, 3.05) is 26.0 Å². The molecule has 0 atom stereocenters. The number of hydrogen-bond donors (Lipinski definition) is 3. The predicted molar refractivity (Wildman–Crippen MR) is 134 cm³/mol. The van der Waals surface area contributed by atoms with Gasteiger partial charge >= 0.3 is 0 Å². The van der Waals surface area contributed by atoms with E-state index in [0.29, 0.717) is 24.5 Å². The second-order valence-corrected chi connectivity index (χ2v) is 8.12. The first-order valence-electron chi connectivity index (χ1n) is 10.5. The van der Waals surface area contributed by atoms with Crippen molar-refractivity contribution in [1.29, 1.82) is 0 Å². The van der Waals surface area contributed by atoms with E-state index in [1.165, 1.54) is 17.3 Å². The van der Waals surface area contributed by atoms with Crippen LogP contribution in [0.4, 0.5) is 0 Å². The summed E-state index contributed by atoms with van der Waals surface area (Å²) in [5.41, 5.74) is 18.2. The van der Waals surface area contributed by atoms with Crippen molar-refractivity contribution >= 4 is 28.5 Å². The highest BCUT2D eigenvalue weighted by Gasteiger charge is 2.11. The fourth-order valence-corrected chi connectivity index (χ4v) is 3.06. The number of methoxy groups -OCH3 is 1. The zero-order valence-corrected chi connectivity index (χ0v) is 20.1. The summed E-state index contributed by atoms with van der Waals surface area (Å²) in [4.78, 5) is 16.5. The Hall–Kier alpha value is -2.51. The normalized spacial score (nSPS) is 13.8. The van der Waals surface area contributed by atoms with Gasteiger partial charge in [-0.15, -0.1) is 0 Å². The van der Waals surface area contributed by atoms with Crippen molar-refractivity contribution in [1.82, 2.24) is 5.32 Å². The molecule has 0 aliphatic carbocycles. The Morgan fingerprint density at radius 2 is 1.84 bits per heavy atom. The SMILES string of the molecule is CC\C(C)=C/C=C(CC)/C(N)=C(/N=C(N)SCC(=O)NCCOC)c1ccc(C)cc1. The molecule has 7 heteroatoms. The Morgan fingerprint density at radius 3 is 2.42 bits per heavy atom. The van der Waals surface area contributed by atoms with Crippen molar-refractivity contribution in [2.45, 2.75) is 40.5 Å². The number of carbonyl (C=O) groups is 1. The van der Waals surface area contributed by atoms with Gasteiger partial charge in [-0.2, -0.15) is 0 Å². The van der Waals surface area contributed by atoms with E-state index in [9.17, 15) is 4.79 Å². The Kier molecular flexibility index (Phi) is 12.4. The van der Waals surface area contributed by atoms with Crippen LogP contribution in [-0.4, -0.2) is 37.1 Å². The molecule has 0 radical (unpaired) electrons. The van der Waals surface area contributed by atoms with Crippen LogP contribution in [0.5, 0.6) is 0 Å². The third-order valence-corrected chi connectivity index (χ3v) is 5.43. The lowest BCUT2D eigenvalue weighted by atomic mass is 10.0. The second-order valence-electron chi connectivity index (χ2n) is 7.12. The number of nitrogens with two attached hydrogens (primary N) is 2. The predicted octanol–water partition coefficient (Wildman–Crippen LogP) is 4.13. The van der Waals surface area contributed by atoms with Crippen molar-refractivity contribution in [2.24, 2.45) is 16.5 Å². The van der Waals surface area contributed by atoms with Crippen LogP contribution < -0.4 is 16.8 Å². The quantitative estimate of drug-likeness (QED) is 0.206. The lowest BCUT2D eigenvalue weighted by molar-refractivity contribution is -0.118. The number of thioether (sulfide) groups is 1. The molecule has 0 aliphatic heterocycles. The summed E-state index contributed by atoms with van der Waals surface area (Å²) in [6.45, 7) is 9.23. The standard InChI is InChI=1S/C24H36N4O2S/c1-6-17(3)8-11-19(7-2)22(25)23(20-12-9-18(4)10-13-20)28-24(26)31-16-21(29)27-14-15-30-5/h8-13H,6-7,14-16,25H2,1-5H3,(H2,26,28)(H,27,29)/b17-8-,19-11+,23-22-. The average Bonchev–Trinajstić information content (AvgIpc) is 2.77. The number of benzene rings is 1. The Bertz CT molecular complexity index is 840. The van der Waals surface area contributed by atoms with Gasteiger partial charge in [-0.1, -0.05) is 73.2 Å². The number of aryl methyl sites for hydroxylation is 1. The van der Waals surface area contributed by atoms with Gasteiger partial charge in [0.05, 0.1) is 23.8 Å². The van der Waals surface area contributed by atoms with Crippen LogP contribution in [0.3, 0.4) is 0 Å². The molecule has 1 amide bonds. The van der Waals surface area contributed by atoms with E-state index in [0.717, 1.165) is 29.5 Å². The summed E-state index contributed by atoms with van der Waals surface area (Å²) in [5, 5.41) is 3.05. The van der Waals surface area contributed by atoms with Gasteiger partial charge in [0.1, 0.15) is 0 Å². The zero-order chi connectivity index (χ0) is 23.2. The molecule has 0 spiro atoms. The minimum Gasteiger partial charge on any atom is -0.397 e. The van der Waals surface area contributed by atoms with E-state index in [2.05, 4.69) is 37.2 Å². The topological polar surface area (TPSA) is 103 Å². The molecular formula is C24H36N4O2S. The first kappa shape index (κ1) is 26.5. The van der Waals surface area contributed by atoms with Gasteiger partial charge in [0.25, 0.3) is 0 Å². The number of amidine groups is 1. The second kappa shape index (κ2) is 14.5. The minimum absolute atomic E-state index is 0.122. The first-order chi connectivity index (χ1) is 14.8. The van der Waals surface area contributed by atoms with Crippen molar-refractivity contribution in [3.8, 4) is 0 Å². The molecule has 0 unspecified atom stereocenters. The molecule has 0 aliphatic rings. The molecule has 6 nitrogen and oxygen atoms in total. The van der Waals surface area contributed by atoms with E-state index in [1.54, 1.807) is 7.11 Å². The van der Waals surface area contributed by atoms with E-state index in [1.807, 2.05) is 37.3 Å². The molecule has 0 saturated heterocycles. The van der Waals surface area contributed by atoms with Crippen LogP contribution in [0, 0.1) is 6.92 Å². The molecular weight excluding hydrogens is 408 g/mol. The third-order valence-electron chi connectivity index (χ3n) is 4.64. The van der Waals surface area contributed by atoms with Gasteiger partial charge < -0.3 is 21.5 Å². The molecule has 5 N–H and O–H groups in total. The van der Waals surface area contributed by atoms with Crippen LogP contribution in [0.1, 0.15) is 44.7 Å². The Balaban J connectivity index is 3.22. The van der Waals surface area contributed by atoms with Gasteiger partial charge in [0.2, 0.25) is 5.91 Å². The smallest absolute Gasteiger partial charge is 0.230 e. The molecule has 0 bridgehead atoms. The highest BCUT2D eigenvalue weighted by Crippen LogP contribution is 2.25. The summed E-state index contributed by atoms with van der Waals surface area (Å²) in [5.74, 6) is 0.0537. The number of hydrogen-bond acceptors (Lipinski definition) is 5. The maximum absolute atomic E-state index is 11.9. The molecule has 170 valence electrons. The van der Waals surface area contributed by atoms with E-state index >= 15 is 0 Å². The lowest BCUT2D eigenvalue weighted by Crippen LogP contribution is -2.29. The summed E-state index contributed by atoms with van der Waals surface area (Å²) in [6.07, 6.45) is 5.88. The number of carbonyl (C=O) groups excluding carboxylic acids is 1. The maximum atomic E-state index is 11.9. The molecule has 0 fully saturated rings. The van der Waals surface area contributed by atoms with Crippen LogP contribution in [0.15, 0.2) is 58.3 Å². The van der Waals surface area contributed by atoms with E-state index in [-0.39, 0.29) is 16.8 Å². The number of allylic oxidation sites excluding steroid dienone is 4. The molecule has 31 heavy (non-hydrogen) atoms. The van der Waals surface area contributed by atoms with Gasteiger partial charge in [-0.25, -0.2) is 4.99 Å².